The smallest absolute Gasteiger partial charge is 0.228 e. The Labute approximate surface area is 130 Å². The Morgan fingerprint density at radius 2 is 2.05 bits per heavy atom. The second kappa shape index (κ2) is 6.73. The number of nitrogens with zero attached hydrogens (tertiary/aromatic N) is 2. The van der Waals surface area contributed by atoms with E-state index in [1.165, 1.54) is 12.1 Å². The van der Waals surface area contributed by atoms with Crippen molar-refractivity contribution >= 4 is 11.6 Å². The van der Waals surface area contributed by atoms with Crippen LogP contribution in [-0.2, 0) is 17.8 Å². The molecule has 0 radical (unpaired) electrons. The number of nitrogens with one attached hydrogen (secondary N) is 1. The van der Waals surface area contributed by atoms with Gasteiger partial charge in [-0.3, -0.25) is 9.48 Å². The standard InChI is InChI=1S/C17H22FN3O/c1-5-8-21-13(4)17(12(3)20-21)19-16(22)10-14-9-15(18)7-6-11(14)2/h6-7,9H,5,8,10H2,1-4H3,(H,19,22). The van der Waals surface area contributed by atoms with Gasteiger partial charge in [0, 0.05) is 6.54 Å². The van der Waals surface area contributed by atoms with Crippen LogP contribution in [0, 0.1) is 26.6 Å². The van der Waals surface area contributed by atoms with E-state index in [9.17, 15) is 9.18 Å². The van der Waals surface area contributed by atoms with Crippen molar-refractivity contribution in [1.82, 2.24) is 9.78 Å². The van der Waals surface area contributed by atoms with Crippen LogP contribution in [0.25, 0.3) is 0 Å². The number of rotatable bonds is 5. The van der Waals surface area contributed by atoms with Crippen LogP contribution in [-0.4, -0.2) is 15.7 Å². The summed E-state index contributed by atoms with van der Waals surface area (Å²) in [5.74, 6) is -0.479. The molecule has 22 heavy (non-hydrogen) atoms. The van der Waals surface area contributed by atoms with E-state index in [0.29, 0.717) is 5.56 Å². The topological polar surface area (TPSA) is 46.9 Å². The van der Waals surface area contributed by atoms with Crippen molar-refractivity contribution in [2.24, 2.45) is 0 Å². The number of benzene rings is 1. The zero-order valence-corrected chi connectivity index (χ0v) is 13.5. The third kappa shape index (κ3) is 3.53. The maximum Gasteiger partial charge on any atom is 0.228 e. The summed E-state index contributed by atoms with van der Waals surface area (Å²) >= 11 is 0. The normalized spacial score (nSPS) is 10.8. The van der Waals surface area contributed by atoms with Gasteiger partial charge in [0.1, 0.15) is 5.82 Å². The summed E-state index contributed by atoms with van der Waals surface area (Å²) in [6.45, 7) is 8.60. The molecular weight excluding hydrogens is 281 g/mol. The number of halogens is 1. The van der Waals surface area contributed by atoms with Crippen molar-refractivity contribution in [1.29, 1.82) is 0 Å². The zero-order chi connectivity index (χ0) is 16.3. The van der Waals surface area contributed by atoms with E-state index in [-0.39, 0.29) is 18.1 Å². The molecule has 0 atom stereocenters. The third-order valence-electron chi connectivity index (χ3n) is 3.74. The average Bonchev–Trinajstić information content (AvgIpc) is 2.71. The quantitative estimate of drug-likeness (QED) is 0.918. The van der Waals surface area contributed by atoms with Crippen LogP contribution in [0.3, 0.4) is 0 Å². The summed E-state index contributed by atoms with van der Waals surface area (Å²) in [7, 11) is 0. The van der Waals surface area contributed by atoms with Crippen molar-refractivity contribution in [3.63, 3.8) is 0 Å². The highest BCUT2D eigenvalue weighted by Crippen LogP contribution is 2.20. The van der Waals surface area contributed by atoms with Crippen LogP contribution in [0.1, 0.15) is 35.9 Å². The first-order valence-corrected chi connectivity index (χ1v) is 7.51. The van der Waals surface area contributed by atoms with E-state index in [2.05, 4.69) is 17.3 Å². The van der Waals surface area contributed by atoms with Crippen LogP contribution in [0.15, 0.2) is 18.2 Å². The Morgan fingerprint density at radius 3 is 2.73 bits per heavy atom. The molecule has 0 aliphatic heterocycles. The molecule has 0 saturated carbocycles. The lowest BCUT2D eigenvalue weighted by Gasteiger charge is -2.08. The molecule has 2 rings (SSSR count). The molecule has 0 fully saturated rings. The summed E-state index contributed by atoms with van der Waals surface area (Å²) in [5, 5.41) is 7.34. The van der Waals surface area contributed by atoms with Crippen LogP contribution < -0.4 is 5.32 Å². The number of amides is 1. The Hall–Kier alpha value is -2.17. The molecule has 0 unspecified atom stereocenters. The molecule has 1 heterocycles. The average molecular weight is 303 g/mol. The van der Waals surface area contributed by atoms with E-state index >= 15 is 0 Å². The largest absolute Gasteiger partial charge is 0.323 e. The fourth-order valence-electron chi connectivity index (χ4n) is 2.49. The van der Waals surface area contributed by atoms with E-state index in [0.717, 1.165) is 35.6 Å². The molecule has 0 bridgehead atoms. The number of hydrogen-bond acceptors (Lipinski definition) is 2. The highest BCUT2D eigenvalue weighted by Gasteiger charge is 2.15. The van der Waals surface area contributed by atoms with Crippen molar-refractivity contribution in [2.75, 3.05) is 5.32 Å². The Kier molecular flexibility index (Phi) is 4.96. The predicted octanol–water partition coefficient (Wildman–Crippen LogP) is 3.54. The van der Waals surface area contributed by atoms with Gasteiger partial charge >= 0.3 is 0 Å². The van der Waals surface area contributed by atoms with Crippen LogP contribution in [0.4, 0.5) is 10.1 Å². The maximum absolute atomic E-state index is 13.3. The molecule has 1 aromatic heterocycles. The van der Waals surface area contributed by atoms with Gasteiger partial charge in [0.2, 0.25) is 5.91 Å². The van der Waals surface area contributed by atoms with Gasteiger partial charge < -0.3 is 5.32 Å². The van der Waals surface area contributed by atoms with Gasteiger partial charge in [-0.2, -0.15) is 5.10 Å². The Bertz CT molecular complexity index is 691. The summed E-state index contributed by atoms with van der Waals surface area (Å²) < 4.78 is 15.2. The maximum atomic E-state index is 13.3. The minimum absolute atomic E-state index is 0.154. The van der Waals surface area contributed by atoms with Gasteiger partial charge in [-0.1, -0.05) is 13.0 Å². The summed E-state index contributed by atoms with van der Waals surface area (Å²) in [5.41, 5.74) is 4.12. The van der Waals surface area contributed by atoms with Crippen molar-refractivity contribution < 1.29 is 9.18 Å². The predicted molar refractivity (Wildman–Crippen MR) is 85.5 cm³/mol. The second-order valence-electron chi connectivity index (χ2n) is 5.56. The monoisotopic (exact) mass is 303 g/mol. The van der Waals surface area contributed by atoms with Gasteiger partial charge in [-0.05, 0) is 50.5 Å². The van der Waals surface area contributed by atoms with Crippen molar-refractivity contribution in [3.8, 4) is 0 Å². The molecule has 5 heteroatoms. The fraction of sp³-hybridized carbons (Fsp3) is 0.412. The Balaban J connectivity index is 2.14. The van der Waals surface area contributed by atoms with E-state index in [4.69, 9.17) is 0 Å². The van der Waals surface area contributed by atoms with E-state index in [1.54, 1.807) is 6.07 Å². The number of aryl methyl sites for hydroxylation is 3. The number of aromatic nitrogens is 2. The molecule has 2 aromatic rings. The fourth-order valence-corrected chi connectivity index (χ4v) is 2.49. The van der Waals surface area contributed by atoms with Gasteiger partial charge in [0.05, 0.1) is 23.5 Å². The third-order valence-corrected chi connectivity index (χ3v) is 3.74. The lowest BCUT2D eigenvalue weighted by Crippen LogP contribution is -2.16. The summed E-state index contributed by atoms with van der Waals surface area (Å²) in [4.78, 5) is 12.2. The molecule has 0 spiro atoms. The number of anilines is 1. The van der Waals surface area contributed by atoms with Crippen LogP contribution in [0.2, 0.25) is 0 Å². The molecule has 1 N–H and O–H groups in total. The highest BCUT2D eigenvalue weighted by atomic mass is 19.1. The van der Waals surface area contributed by atoms with E-state index in [1.807, 2.05) is 25.5 Å². The highest BCUT2D eigenvalue weighted by molar-refractivity contribution is 5.93. The molecule has 4 nitrogen and oxygen atoms in total. The van der Waals surface area contributed by atoms with Crippen molar-refractivity contribution in [3.05, 3.63) is 46.5 Å². The van der Waals surface area contributed by atoms with E-state index < -0.39 is 0 Å². The minimum atomic E-state index is -0.323. The minimum Gasteiger partial charge on any atom is -0.323 e. The molecule has 0 saturated heterocycles. The number of hydrogen-bond donors (Lipinski definition) is 1. The molecular formula is C17H22FN3O. The van der Waals surface area contributed by atoms with Crippen LogP contribution in [0.5, 0.6) is 0 Å². The van der Waals surface area contributed by atoms with Crippen molar-refractivity contribution in [2.45, 2.75) is 47.1 Å². The molecule has 1 aromatic carbocycles. The first-order chi connectivity index (χ1) is 10.4. The zero-order valence-electron chi connectivity index (χ0n) is 13.5. The lowest BCUT2D eigenvalue weighted by atomic mass is 10.1. The molecule has 118 valence electrons. The second-order valence-corrected chi connectivity index (χ2v) is 5.56. The lowest BCUT2D eigenvalue weighted by molar-refractivity contribution is -0.115. The first-order valence-electron chi connectivity index (χ1n) is 7.51. The summed E-state index contributed by atoms with van der Waals surface area (Å²) in [6, 6.07) is 4.50. The molecule has 0 aliphatic rings. The van der Waals surface area contributed by atoms with Gasteiger partial charge in [-0.25, -0.2) is 4.39 Å². The van der Waals surface area contributed by atoms with Gasteiger partial charge in [0.15, 0.2) is 0 Å². The number of carbonyl (C=O) groups is 1. The first kappa shape index (κ1) is 16.2. The summed E-state index contributed by atoms with van der Waals surface area (Å²) in [6.07, 6.45) is 1.14. The van der Waals surface area contributed by atoms with Gasteiger partial charge in [-0.15, -0.1) is 0 Å². The van der Waals surface area contributed by atoms with Crippen LogP contribution >= 0.6 is 0 Å². The number of carbonyl (C=O) groups excluding carboxylic acids is 1. The SMILES string of the molecule is CCCn1nc(C)c(NC(=O)Cc2cc(F)ccc2C)c1C. The Morgan fingerprint density at radius 1 is 1.32 bits per heavy atom. The molecule has 0 aliphatic carbocycles. The van der Waals surface area contributed by atoms with Gasteiger partial charge in [0.25, 0.3) is 0 Å². The molecule has 1 amide bonds.